The number of hydrogen-bond donors (Lipinski definition) is 1. The van der Waals surface area contributed by atoms with Gasteiger partial charge in [0.15, 0.2) is 6.10 Å². The third kappa shape index (κ3) is 4.42. The molecule has 3 aromatic rings. The first-order valence-electron chi connectivity index (χ1n) is 7.79. The van der Waals surface area contributed by atoms with E-state index in [-0.39, 0.29) is 11.9 Å². The van der Waals surface area contributed by atoms with Crippen LogP contribution in [0.5, 0.6) is 5.75 Å². The fraction of sp³-hybridized carbons (Fsp3) is 0.158. The first kappa shape index (κ1) is 17.1. The molecule has 2 aromatic heterocycles. The first-order chi connectivity index (χ1) is 12.1. The lowest BCUT2D eigenvalue weighted by atomic mass is 10.1. The van der Waals surface area contributed by atoms with Crippen LogP contribution in [0, 0.1) is 5.82 Å². The molecule has 0 radical (unpaired) electrons. The highest BCUT2D eigenvalue weighted by atomic mass is 32.1. The molecule has 25 heavy (non-hydrogen) atoms. The van der Waals surface area contributed by atoms with E-state index in [1.807, 2.05) is 29.6 Å². The maximum absolute atomic E-state index is 13.3. The second-order valence-electron chi connectivity index (χ2n) is 5.46. The van der Waals surface area contributed by atoms with Gasteiger partial charge in [0.25, 0.3) is 5.91 Å². The van der Waals surface area contributed by atoms with Gasteiger partial charge in [0.1, 0.15) is 11.6 Å². The predicted molar refractivity (Wildman–Crippen MR) is 95.0 cm³/mol. The van der Waals surface area contributed by atoms with Crippen LogP contribution in [0.2, 0.25) is 0 Å². The molecule has 0 unspecified atom stereocenters. The van der Waals surface area contributed by atoms with Crippen LogP contribution in [0.25, 0.3) is 0 Å². The Bertz CT molecular complexity index is 824. The minimum Gasteiger partial charge on any atom is -0.481 e. The number of nitrogens with one attached hydrogen (secondary N) is 1. The van der Waals surface area contributed by atoms with Gasteiger partial charge in [0.2, 0.25) is 0 Å². The number of rotatable bonds is 6. The highest BCUT2D eigenvalue weighted by Gasteiger charge is 2.22. The highest BCUT2D eigenvalue weighted by Crippen LogP contribution is 2.26. The van der Waals surface area contributed by atoms with Gasteiger partial charge < -0.3 is 10.1 Å². The van der Waals surface area contributed by atoms with E-state index in [0.29, 0.717) is 5.75 Å². The van der Waals surface area contributed by atoms with Gasteiger partial charge in [-0.2, -0.15) is 0 Å². The van der Waals surface area contributed by atoms with Crippen LogP contribution in [0.1, 0.15) is 23.4 Å². The molecule has 1 aromatic carbocycles. The van der Waals surface area contributed by atoms with E-state index in [1.54, 1.807) is 42.8 Å². The second kappa shape index (κ2) is 7.90. The number of nitrogens with zero attached hydrogens (tertiary/aromatic N) is 1. The van der Waals surface area contributed by atoms with E-state index < -0.39 is 11.9 Å². The summed E-state index contributed by atoms with van der Waals surface area (Å²) in [5.41, 5.74) is 0.934. The van der Waals surface area contributed by atoms with E-state index in [9.17, 15) is 9.18 Å². The van der Waals surface area contributed by atoms with Gasteiger partial charge in [-0.3, -0.25) is 9.78 Å². The molecular weight excluding hydrogens is 339 g/mol. The third-order valence-electron chi connectivity index (χ3n) is 3.63. The number of aromatic nitrogens is 1. The van der Waals surface area contributed by atoms with Crippen LogP contribution in [0.3, 0.4) is 0 Å². The zero-order valence-corrected chi connectivity index (χ0v) is 14.4. The Morgan fingerprint density at radius 2 is 2.00 bits per heavy atom. The summed E-state index contributed by atoms with van der Waals surface area (Å²) in [6.07, 6.45) is 2.62. The molecule has 1 amide bonds. The zero-order chi connectivity index (χ0) is 17.6. The van der Waals surface area contributed by atoms with E-state index in [4.69, 9.17) is 4.74 Å². The fourth-order valence-electron chi connectivity index (χ4n) is 2.39. The van der Waals surface area contributed by atoms with Crippen molar-refractivity contribution < 1.29 is 13.9 Å². The summed E-state index contributed by atoms with van der Waals surface area (Å²) < 4.78 is 18.8. The van der Waals surface area contributed by atoms with Crippen molar-refractivity contribution in [3.05, 3.63) is 82.6 Å². The van der Waals surface area contributed by atoms with Crippen molar-refractivity contribution >= 4 is 17.2 Å². The van der Waals surface area contributed by atoms with Crippen molar-refractivity contribution in [2.45, 2.75) is 19.1 Å². The van der Waals surface area contributed by atoms with E-state index in [2.05, 4.69) is 10.3 Å². The average Bonchev–Trinajstić information content (AvgIpc) is 3.14. The van der Waals surface area contributed by atoms with Crippen LogP contribution in [-0.2, 0) is 4.79 Å². The van der Waals surface area contributed by atoms with Crippen molar-refractivity contribution in [2.75, 3.05) is 0 Å². The van der Waals surface area contributed by atoms with Crippen molar-refractivity contribution in [2.24, 2.45) is 0 Å². The summed E-state index contributed by atoms with van der Waals surface area (Å²) >= 11 is 1.56. The molecule has 128 valence electrons. The molecule has 0 saturated carbocycles. The van der Waals surface area contributed by atoms with Crippen LogP contribution in [0.4, 0.5) is 4.39 Å². The van der Waals surface area contributed by atoms with E-state index >= 15 is 0 Å². The first-order valence-corrected chi connectivity index (χ1v) is 8.67. The van der Waals surface area contributed by atoms with Gasteiger partial charge in [-0.25, -0.2) is 4.39 Å². The molecule has 0 aliphatic rings. The zero-order valence-electron chi connectivity index (χ0n) is 13.6. The largest absolute Gasteiger partial charge is 0.481 e. The number of carbonyl (C=O) groups is 1. The Hall–Kier alpha value is -2.73. The maximum atomic E-state index is 13.3. The van der Waals surface area contributed by atoms with Crippen molar-refractivity contribution in [1.82, 2.24) is 10.3 Å². The summed E-state index contributed by atoms with van der Waals surface area (Å²) in [6, 6.07) is 13.1. The topological polar surface area (TPSA) is 51.2 Å². The van der Waals surface area contributed by atoms with E-state index in [1.165, 1.54) is 12.1 Å². The Morgan fingerprint density at radius 1 is 1.20 bits per heavy atom. The second-order valence-corrected chi connectivity index (χ2v) is 6.43. The van der Waals surface area contributed by atoms with Gasteiger partial charge in [-0.1, -0.05) is 12.1 Å². The normalized spacial score (nSPS) is 13.0. The van der Waals surface area contributed by atoms with E-state index in [0.717, 1.165) is 10.4 Å². The minimum atomic E-state index is -0.758. The maximum Gasteiger partial charge on any atom is 0.261 e. The minimum absolute atomic E-state index is 0.278. The van der Waals surface area contributed by atoms with Crippen LogP contribution >= 0.6 is 11.3 Å². The quantitative estimate of drug-likeness (QED) is 0.727. The monoisotopic (exact) mass is 356 g/mol. The lowest BCUT2D eigenvalue weighted by molar-refractivity contribution is -0.127. The number of hydrogen-bond acceptors (Lipinski definition) is 4. The van der Waals surface area contributed by atoms with Gasteiger partial charge >= 0.3 is 0 Å². The molecule has 0 bridgehead atoms. The Kier molecular flexibility index (Phi) is 5.40. The third-order valence-corrected chi connectivity index (χ3v) is 4.57. The summed E-state index contributed by atoms with van der Waals surface area (Å²) in [4.78, 5) is 17.6. The molecule has 4 nitrogen and oxygen atoms in total. The Balaban J connectivity index is 1.74. The smallest absolute Gasteiger partial charge is 0.261 e. The SMILES string of the molecule is C[C@H](Oc1cccc(F)c1)C(=O)N[C@H](c1ccncc1)c1cccs1. The number of pyridine rings is 1. The number of thiophene rings is 1. The molecule has 0 aliphatic carbocycles. The predicted octanol–water partition coefficient (Wildman–Crippen LogP) is 3.96. The lowest BCUT2D eigenvalue weighted by Gasteiger charge is -2.21. The summed E-state index contributed by atoms with van der Waals surface area (Å²) in [6.45, 7) is 1.64. The van der Waals surface area contributed by atoms with Crippen molar-refractivity contribution in [3.8, 4) is 5.75 Å². The number of carbonyl (C=O) groups excluding carboxylic acids is 1. The molecule has 1 N–H and O–H groups in total. The summed E-state index contributed by atoms with van der Waals surface area (Å²) in [5, 5.41) is 4.96. The molecule has 0 fully saturated rings. The standard InChI is InChI=1S/C19H17FN2O2S/c1-13(24-16-5-2-4-15(20)12-16)19(23)22-18(17-6-3-11-25-17)14-7-9-21-10-8-14/h2-13,18H,1H3,(H,22,23)/t13-,18+/m0/s1. The molecule has 2 heterocycles. The molecule has 0 aliphatic heterocycles. The number of halogens is 1. The molecule has 6 heteroatoms. The highest BCUT2D eigenvalue weighted by molar-refractivity contribution is 7.10. The fourth-order valence-corrected chi connectivity index (χ4v) is 3.19. The molecular formula is C19H17FN2O2S. The van der Waals surface area contributed by atoms with Gasteiger partial charge in [0.05, 0.1) is 6.04 Å². The molecule has 2 atom stereocenters. The molecule has 0 saturated heterocycles. The van der Waals surface area contributed by atoms with Crippen LogP contribution in [-0.4, -0.2) is 17.0 Å². The van der Waals surface area contributed by atoms with Gasteiger partial charge in [-0.05, 0) is 48.2 Å². The lowest BCUT2D eigenvalue weighted by Crippen LogP contribution is -2.38. The Labute approximate surface area is 149 Å². The summed E-state index contributed by atoms with van der Waals surface area (Å²) in [5.74, 6) is -0.364. The van der Waals surface area contributed by atoms with Gasteiger partial charge in [-0.15, -0.1) is 11.3 Å². The summed E-state index contributed by atoms with van der Waals surface area (Å²) in [7, 11) is 0. The van der Waals surface area contributed by atoms with Crippen LogP contribution in [0.15, 0.2) is 66.3 Å². The number of amides is 1. The number of ether oxygens (including phenoxy) is 1. The molecule has 0 spiro atoms. The van der Waals surface area contributed by atoms with Crippen molar-refractivity contribution in [3.63, 3.8) is 0 Å². The number of benzene rings is 1. The van der Waals surface area contributed by atoms with Gasteiger partial charge in [0, 0.05) is 23.3 Å². The van der Waals surface area contributed by atoms with Crippen molar-refractivity contribution in [1.29, 1.82) is 0 Å². The molecule has 3 rings (SSSR count). The average molecular weight is 356 g/mol. The Morgan fingerprint density at radius 3 is 2.68 bits per heavy atom. The van der Waals surface area contributed by atoms with Crippen LogP contribution < -0.4 is 10.1 Å².